The third-order valence-corrected chi connectivity index (χ3v) is 5.09. The van der Waals surface area contributed by atoms with Crippen molar-refractivity contribution in [2.75, 3.05) is 12.4 Å². The van der Waals surface area contributed by atoms with E-state index >= 15 is 0 Å². The number of nitrogens with zero attached hydrogens (tertiary/aromatic N) is 1. The van der Waals surface area contributed by atoms with Gasteiger partial charge >= 0.3 is 6.03 Å². The van der Waals surface area contributed by atoms with Gasteiger partial charge in [-0.05, 0) is 45.0 Å². The number of amides is 2. The Kier molecular flexibility index (Phi) is 4.37. The third-order valence-electron chi connectivity index (χ3n) is 5.09. The smallest absolute Gasteiger partial charge is 0.319 e. The van der Waals surface area contributed by atoms with Gasteiger partial charge in [-0.1, -0.05) is 6.07 Å². The van der Waals surface area contributed by atoms with Crippen molar-refractivity contribution in [1.82, 2.24) is 15.5 Å². The molecule has 7 heteroatoms. The molecule has 1 aromatic heterocycles. The normalized spacial score (nSPS) is 17.5. The topological polar surface area (TPSA) is 88.3 Å². The first-order valence-electron chi connectivity index (χ1n) is 9.24. The zero-order valence-electron chi connectivity index (χ0n) is 16.4. The SMILES string of the molecule is COc1ccc2c(c1C)OC(C)(C)CC2NC(=O)Nc1cccc2[nH]ncc12. The number of carbonyl (C=O) groups excluding carboxylic acids is 1. The number of nitrogens with one attached hydrogen (secondary N) is 3. The van der Waals surface area contributed by atoms with Gasteiger partial charge in [0.1, 0.15) is 17.1 Å². The minimum Gasteiger partial charge on any atom is -0.496 e. The Labute approximate surface area is 163 Å². The number of anilines is 1. The van der Waals surface area contributed by atoms with Crippen molar-refractivity contribution < 1.29 is 14.3 Å². The molecule has 2 heterocycles. The van der Waals surface area contributed by atoms with E-state index in [1.807, 2.05) is 51.1 Å². The number of ether oxygens (including phenoxy) is 2. The van der Waals surface area contributed by atoms with Crippen LogP contribution in [0.2, 0.25) is 0 Å². The van der Waals surface area contributed by atoms with Gasteiger partial charge in [-0.25, -0.2) is 4.79 Å². The largest absolute Gasteiger partial charge is 0.496 e. The Bertz CT molecular complexity index is 1040. The first-order valence-corrected chi connectivity index (χ1v) is 9.24. The van der Waals surface area contributed by atoms with E-state index in [9.17, 15) is 4.79 Å². The van der Waals surface area contributed by atoms with E-state index in [4.69, 9.17) is 9.47 Å². The van der Waals surface area contributed by atoms with Crippen LogP contribution in [-0.4, -0.2) is 28.9 Å². The van der Waals surface area contributed by atoms with Gasteiger partial charge in [0, 0.05) is 22.9 Å². The summed E-state index contributed by atoms with van der Waals surface area (Å²) >= 11 is 0. The second-order valence-electron chi connectivity index (χ2n) is 7.66. The Morgan fingerprint density at radius 2 is 2.14 bits per heavy atom. The van der Waals surface area contributed by atoms with Crippen molar-refractivity contribution in [3.8, 4) is 11.5 Å². The van der Waals surface area contributed by atoms with Crippen molar-refractivity contribution >= 4 is 22.6 Å². The quantitative estimate of drug-likeness (QED) is 0.632. The van der Waals surface area contributed by atoms with Gasteiger partial charge in [-0.15, -0.1) is 0 Å². The van der Waals surface area contributed by atoms with E-state index in [2.05, 4.69) is 20.8 Å². The Balaban J connectivity index is 1.60. The zero-order chi connectivity index (χ0) is 19.9. The molecule has 28 heavy (non-hydrogen) atoms. The summed E-state index contributed by atoms with van der Waals surface area (Å²) in [4.78, 5) is 12.8. The lowest BCUT2D eigenvalue weighted by Gasteiger charge is -2.38. The molecule has 0 spiro atoms. The molecular formula is C21H24N4O3. The summed E-state index contributed by atoms with van der Waals surface area (Å²) in [5.74, 6) is 1.55. The number of H-pyrrole nitrogens is 1. The highest BCUT2D eigenvalue weighted by Crippen LogP contribution is 2.44. The predicted molar refractivity (Wildman–Crippen MR) is 108 cm³/mol. The molecule has 2 amide bonds. The number of rotatable bonds is 3. The molecule has 1 atom stereocenters. The summed E-state index contributed by atoms with van der Waals surface area (Å²) in [6, 6.07) is 9.07. The molecule has 0 aliphatic carbocycles. The predicted octanol–water partition coefficient (Wildman–Crippen LogP) is 4.30. The Hall–Kier alpha value is -3.22. The van der Waals surface area contributed by atoms with Crippen LogP contribution in [-0.2, 0) is 0 Å². The van der Waals surface area contributed by atoms with Crippen LogP contribution in [0, 0.1) is 6.92 Å². The van der Waals surface area contributed by atoms with E-state index in [1.54, 1.807) is 13.3 Å². The molecule has 3 aromatic rings. The summed E-state index contributed by atoms with van der Waals surface area (Å²) in [6.07, 6.45) is 2.36. The third kappa shape index (κ3) is 3.24. The lowest BCUT2D eigenvalue weighted by molar-refractivity contribution is 0.0670. The standard InChI is InChI=1S/C21H24N4O3/c1-12-18(27-4)9-8-13-17(10-21(2,3)28-19(12)13)24-20(26)23-15-6-5-7-16-14(15)11-22-25-16/h5-9,11,17H,10H2,1-4H3,(H,22,25)(H2,23,24,26). The number of aromatic nitrogens is 2. The first-order chi connectivity index (χ1) is 13.4. The number of benzene rings is 2. The van der Waals surface area contributed by atoms with Crippen LogP contribution >= 0.6 is 0 Å². The van der Waals surface area contributed by atoms with Gasteiger partial charge in [-0.2, -0.15) is 5.10 Å². The Morgan fingerprint density at radius 1 is 1.32 bits per heavy atom. The first kappa shape index (κ1) is 18.2. The van der Waals surface area contributed by atoms with Crippen LogP contribution in [0.1, 0.15) is 37.4 Å². The van der Waals surface area contributed by atoms with Crippen molar-refractivity contribution in [3.63, 3.8) is 0 Å². The van der Waals surface area contributed by atoms with E-state index in [0.717, 1.165) is 33.5 Å². The number of hydrogen-bond donors (Lipinski definition) is 3. The molecule has 1 aliphatic heterocycles. The maximum Gasteiger partial charge on any atom is 0.319 e. The molecule has 7 nitrogen and oxygen atoms in total. The van der Waals surface area contributed by atoms with Crippen LogP contribution in [0.5, 0.6) is 11.5 Å². The molecule has 146 valence electrons. The molecular weight excluding hydrogens is 356 g/mol. The Morgan fingerprint density at radius 3 is 2.93 bits per heavy atom. The highest BCUT2D eigenvalue weighted by molar-refractivity contribution is 6.00. The minimum atomic E-state index is -0.410. The van der Waals surface area contributed by atoms with Gasteiger partial charge in [-0.3, -0.25) is 5.10 Å². The lowest BCUT2D eigenvalue weighted by atomic mass is 9.88. The molecule has 0 saturated carbocycles. The highest BCUT2D eigenvalue weighted by atomic mass is 16.5. The highest BCUT2D eigenvalue weighted by Gasteiger charge is 2.36. The van der Waals surface area contributed by atoms with Gasteiger partial charge in [0.25, 0.3) is 0 Å². The molecule has 0 fully saturated rings. The molecule has 3 N–H and O–H groups in total. The molecule has 0 radical (unpaired) electrons. The second kappa shape index (κ2) is 6.74. The van der Waals surface area contributed by atoms with Crippen molar-refractivity contribution in [2.45, 2.75) is 38.8 Å². The summed E-state index contributed by atoms with van der Waals surface area (Å²) in [5, 5.41) is 13.8. The monoisotopic (exact) mass is 380 g/mol. The van der Waals surface area contributed by atoms with Crippen LogP contribution in [0.3, 0.4) is 0 Å². The maximum absolute atomic E-state index is 12.8. The van der Waals surface area contributed by atoms with Gasteiger partial charge in [0.05, 0.1) is 30.6 Å². The fraction of sp³-hybridized carbons (Fsp3) is 0.333. The van der Waals surface area contributed by atoms with Gasteiger partial charge in [0.15, 0.2) is 0 Å². The van der Waals surface area contributed by atoms with Crippen LogP contribution in [0.4, 0.5) is 10.5 Å². The second-order valence-corrected chi connectivity index (χ2v) is 7.66. The maximum atomic E-state index is 12.8. The number of aromatic amines is 1. The van der Waals surface area contributed by atoms with Gasteiger partial charge in [0.2, 0.25) is 0 Å². The fourth-order valence-corrected chi connectivity index (χ4v) is 3.77. The lowest BCUT2D eigenvalue weighted by Crippen LogP contribution is -2.42. The number of methoxy groups -OCH3 is 1. The average Bonchev–Trinajstić information content (AvgIpc) is 3.12. The van der Waals surface area contributed by atoms with Crippen molar-refractivity contribution in [1.29, 1.82) is 0 Å². The number of urea groups is 1. The van der Waals surface area contributed by atoms with Crippen molar-refractivity contribution in [2.24, 2.45) is 0 Å². The van der Waals surface area contributed by atoms with Gasteiger partial charge < -0.3 is 20.1 Å². The summed E-state index contributed by atoms with van der Waals surface area (Å²) in [6.45, 7) is 6.01. The molecule has 4 rings (SSSR count). The number of fused-ring (bicyclic) bond motifs is 2. The molecule has 2 aromatic carbocycles. The van der Waals surface area contributed by atoms with Crippen LogP contribution < -0.4 is 20.1 Å². The summed E-state index contributed by atoms with van der Waals surface area (Å²) in [7, 11) is 1.64. The summed E-state index contributed by atoms with van der Waals surface area (Å²) < 4.78 is 11.6. The fourth-order valence-electron chi connectivity index (χ4n) is 3.77. The van der Waals surface area contributed by atoms with Crippen LogP contribution in [0.15, 0.2) is 36.5 Å². The minimum absolute atomic E-state index is 0.174. The summed E-state index contributed by atoms with van der Waals surface area (Å²) in [5.41, 5.74) is 3.06. The molecule has 1 aliphatic rings. The van der Waals surface area contributed by atoms with Crippen molar-refractivity contribution in [3.05, 3.63) is 47.7 Å². The van der Waals surface area contributed by atoms with E-state index < -0.39 is 5.60 Å². The molecule has 0 saturated heterocycles. The van der Waals surface area contributed by atoms with E-state index in [1.165, 1.54) is 0 Å². The average molecular weight is 380 g/mol. The van der Waals surface area contributed by atoms with E-state index in [-0.39, 0.29) is 12.1 Å². The number of carbonyl (C=O) groups is 1. The number of hydrogen-bond acceptors (Lipinski definition) is 4. The van der Waals surface area contributed by atoms with E-state index in [0.29, 0.717) is 12.1 Å². The molecule has 1 unspecified atom stereocenters. The zero-order valence-corrected chi connectivity index (χ0v) is 16.4. The van der Waals surface area contributed by atoms with Crippen LogP contribution in [0.25, 0.3) is 10.9 Å². The molecule has 0 bridgehead atoms.